The lowest BCUT2D eigenvalue weighted by Gasteiger charge is -2.22. The number of aliphatic hydroxyl groups is 1. The third-order valence-corrected chi connectivity index (χ3v) is 14.5. The van der Waals surface area contributed by atoms with Crippen LogP contribution in [0.5, 0.6) is 0 Å². The first-order valence-electron chi connectivity index (χ1n) is 19.8. The maximum Gasteiger partial charge on any atom is 0.480 e. The smallest absolute Gasteiger partial charge is 0.478 e. The molecule has 6 atom stereocenters. The Bertz CT molecular complexity index is 3140. The Kier molecular flexibility index (Phi) is 14.2. The second-order valence-electron chi connectivity index (χ2n) is 15.4. The lowest BCUT2D eigenvalue weighted by molar-refractivity contribution is -0.0507. The molecule has 0 spiro atoms. The van der Waals surface area contributed by atoms with Crippen LogP contribution in [0.25, 0.3) is 44.6 Å². The Hall–Kier alpha value is -6.18. The van der Waals surface area contributed by atoms with Crippen molar-refractivity contribution in [1.82, 2.24) is 39.6 Å². The Morgan fingerprint density at radius 2 is 1.66 bits per heavy atom. The second kappa shape index (κ2) is 19.4. The van der Waals surface area contributed by atoms with E-state index in [1.807, 2.05) is 74.1 Å². The van der Waals surface area contributed by atoms with E-state index in [-0.39, 0.29) is 41.2 Å². The lowest BCUT2D eigenvalue weighted by atomic mass is 9.89. The van der Waals surface area contributed by atoms with Gasteiger partial charge in [0.1, 0.15) is 49.5 Å². The van der Waals surface area contributed by atoms with Crippen molar-refractivity contribution in [2.24, 2.45) is 0 Å². The van der Waals surface area contributed by atoms with E-state index in [1.165, 1.54) is 22.8 Å². The fourth-order valence-corrected chi connectivity index (χ4v) is 10.6. The number of rotatable bonds is 16. The van der Waals surface area contributed by atoms with Crippen LogP contribution in [0.1, 0.15) is 26.9 Å². The Balaban J connectivity index is 1.05. The summed E-state index contributed by atoms with van der Waals surface area (Å²) < 4.78 is 65.1. The molecule has 2 aromatic heterocycles. The van der Waals surface area contributed by atoms with Crippen LogP contribution >= 0.6 is 23.3 Å². The summed E-state index contributed by atoms with van der Waals surface area (Å²) in [4.78, 5) is 91.7. The van der Waals surface area contributed by atoms with Crippen molar-refractivity contribution < 1.29 is 80.6 Å². The lowest BCUT2D eigenvalue weighted by Crippen LogP contribution is -2.42. The molecule has 1 saturated heterocycles. The van der Waals surface area contributed by atoms with Crippen molar-refractivity contribution in [2.75, 3.05) is 58.5 Å². The molecule has 0 saturated carbocycles. The molecule has 27 nitrogen and oxygen atoms in total. The zero-order chi connectivity index (χ0) is 49.5. The number of phosphoric acid groups is 1. The monoisotopic (exact) mass is 1010 g/mol. The van der Waals surface area contributed by atoms with Gasteiger partial charge in [0, 0.05) is 67.1 Å². The largest absolute Gasteiger partial charge is 0.480 e. The average molecular weight is 1010 g/mol. The highest BCUT2D eigenvalue weighted by Crippen LogP contribution is 2.61. The number of nitrogens with zero attached hydrogens (tertiary/aromatic N) is 6. The van der Waals surface area contributed by atoms with Gasteiger partial charge in [0.25, 0.3) is 5.91 Å². The number of nitrogens with two attached hydrogens (primary N) is 1. The van der Waals surface area contributed by atoms with Crippen LogP contribution in [-0.4, -0.2) is 133 Å². The third-order valence-electron chi connectivity index (χ3n) is 10.3. The molecule has 4 aromatic rings. The molecule has 11 N–H and O–H groups in total. The van der Waals surface area contributed by atoms with Gasteiger partial charge in [-0.25, -0.2) is 42.8 Å². The number of amides is 2. The van der Waals surface area contributed by atoms with Gasteiger partial charge < -0.3 is 64.9 Å². The predicted molar refractivity (Wildman–Crippen MR) is 239 cm³/mol. The van der Waals surface area contributed by atoms with E-state index in [9.17, 15) is 48.1 Å². The molecule has 362 valence electrons. The Morgan fingerprint density at radius 3 is 2.35 bits per heavy atom. The number of phosphoric ester groups is 1. The number of fused-ring (bicyclic) bond motifs is 3. The number of nitrogen functional groups attached to an aromatic ring is 1. The summed E-state index contributed by atoms with van der Waals surface area (Å²) in [7, 11) is -9.24. The van der Waals surface area contributed by atoms with Crippen molar-refractivity contribution >= 4 is 74.9 Å². The normalized spacial score (nSPS) is 19.1. The van der Waals surface area contributed by atoms with Crippen molar-refractivity contribution in [3.05, 3.63) is 83.7 Å². The van der Waals surface area contributed by atoms with Gasteiger partial charge in [-0.1, -0.05) is 6.07 Å². The number of carboxylic acids is 1. The number of imidazole rings is 1. The molecule has 1 aliphatic carbocycles. The van der Waals surface area contributed by atoms with Gasteiger partial charge in [-0.05, 0) is 35.9 Å². The number of benzene rings is 3. The summed E-state index contributed by atoms with van der Waals surface area (Å²) in [6.45, 7) is -1.63. The molecular weight excluding hydrogens is 961 g/mol. The van der Waals surface area contributed by atoms with Gasteiger partial charge in [-0.2, -0.15) is 4.31 Å². The quantitative estimate of drug-likeness (QED) is 0.0284. The number of carbonyl (C=O) groups is 3. The van der Waals surface area contributed by atoms with Gasteiger partial charge in [0.05, 0.1) is 24.6 Å². The molecule has 68 heavy (non-hydrogen) atoms. The van der Waals surface area contributed by atoms with Crippen LogP contribution in [-0.2, 0) is 32.0 Å². The molecule has 7 rings (SSSR count). The first-order chi connectivity index (χ1) is 31.9. The molecule has 2 aromatic carbocycles. The van der Waals surface area contributed by atoms with Crippen molar-refractivity contribution in [3.8, 4) is 22.5 Å². The van der Waals surface area contributed by atoms with Crippen molar-refractivity contribution in [1.29, 1.82) is 0 Å². The van der Waals surface area contributed by atoms with Crippen molar-refractivity contribution in [3.63, 3.8) is 0 Å². The molecule has 2 amide bonds. The highest BCUT2D eigenvalue weighted by Gasteiger charge is 2.49. The maximum absolute atomic E-state index is 13.4. The summed E-state index contributed by atoms with van der Waals surface area (Å²) in [5.41, 5.74) is 8.68. The van der Waals surface area contributed by atoms with Crippen LogP contribution < -0.4 is 36.1 Å². The van der Waals surface area contributed by atoms with Gasteiger partial charge >= 0.3 is 35.4 Å². The molecular formula is C38H44N10O17P3+. The molecule has 4 heterocycles. The fraction of sp³-hybridized carbons (Fsp3) is 0.289. The standard InChI is InChI=1S/C38H43N10O17P3/c1-46(2)20-6-9-23-26(14-20)62-27-15-21(47(3)4)7-10-24(27)29(23)22-8-5-19(13-25(22)37(51)52)35(50)40-11-12-41-38(53)64-32-28(16-61-68(59,60)65-67(57,58)45-66(54,55)56)63-36(31(32)49)48-18-44-30-33(39)42-17-43-34(30)48/h5-10,13-15,17-18,28,31-32,36,49H,11-12,16H2,1-4H3,(H9-,39,40,41,42,43,45,50,51,52,53,54,55,56,57,58,59,60)/p+1/t28-,31-,32-,36-/m1/s1. The number of carboxylic acid groups (broad SMARTS) is 1. The van der Waals surface area contributed by atoms with Gasteiger partial charge in [0.15, 0.2) is 23.8 Å². The number of carbonyl (C=O) groups excluding carboxylic acids is 2. The zero-order valence-electron chi connectivity index (χ0n) is 36.1. The van der Waals surface area contributed by atoms with E-state index in [0.29, 0.717) is 33.4 Å². The number of aliphatic hydroxyl groups excluding tert-OH is 1. The number of aromatic nitrogens is 4. The number of aromatic carboxylic acids is 1. The third kappa shape index (κ3) is 11.1. The van der Waals surface area contributed by atoms with E-state index in [0.717, 1.165) is 28.6 Å². The minimum atomic E-state index is -5.66. The second-order valence-corrected chi connectivity index (χ2v) is 20.2. The van der Waals surface area contributed by atoms with E-state index < -0.39 is 72.4 Å². The maximum atomic E-state index is 13.4. The van der Waals surface area contributed by atoms with Crippen LogP contribution in [0.4, 0.5) is 16.3 Å². The molecule has 30 heteroatoms. The highest BCUT2D eigenvalue weighted by molar-refractivity contribution is 7.70. The fourth-order valence-electron chi connectivity index (χ4n) is 7.20. The topological polar surface area (TPSA) is 386 Å². The number of hydrogen-bond donors (Lipinski definition) is 10. The Labute approximate surface area is 383 Å². The summed E-state index contributed by atoms with van der Waals surface area (Å²) in [6.07, 6.45) is -5.68. The van der Waals surface area contributed by atoms with E-state index in [2.05, 4.69) is 29.9 Å². The van der Waals surface area contributed by atoms with Crippen LogP contribution in [0, 0.1) is 0 Å². The van der Waals surface area contributed by atoms with Crippen molar-refractivity contribution in [2.45, 2.75) is 24.5 Å². The van der Waals surface area contributed by atoms with Crippen LogP contribution in [0.3, 0.4) is 0 Å². The number of alkyl carbamates (subject to hydrolysis) is 1. The number of nitrogens with one attached hydrogen (secondary N) is 3. The predicted octanol–water partition coefficient (Wildman–Crippen LogP) is 1.42. The highest BCUT2D eigenvalue weighted by atomic mass is 31.3. The molecule has 0 bridgehead atoms. The molecule has 0 radical (unpaired) electrons. The van der Waals surface area contributed by atoms with Gasteiger partial charge in [-0.15, -0.1) is 4.86 Å². The zero-order valence-corrected chi connectivity index (χ0v) is 38.7. The van der Waals surface area contributed by atoms with Gasteiger partial charge in [-0.3, -0.25) is 13.9 Å². The summed E-state index contributed by atoms with van der Waals surface area (Å²) >= 11 is 0. The summed E-state index contributed by atoms with van der Waals surface area (Å²) in [5, 5.41) is 28.2. The van der Waals surface area contributed by atoms with E-state index >= 15 is 0 Å². The van der Waals surface area contributed by atoms with Crippen LogP contribution in [0.2, 0.25) is 0 Å². The van der Waals surface area contributed by atoms with E-state index in [1.54, 1.807) is 0 Å². The van der Waals surface area contributed by atoms with Gasteiger partial charge in [0.2, 0.25) is 5.36 Å². The SMILES string of the molecule is CN(C)c1ccc2c(-c3ccc(C(=O)NCCNC(=O)O[C@H]4[C@@H](O)[C@H](n5cnc6c(N)ncnc65)O[C@@H]4COP(=O)(O)OP(=O)(O)NP(=O)(O)O)cc3C(=O)O)c3ccc(=[N+](C)C)cc-3oc2c1. The number of hydrogen-bond acceptors (Lipinski definition) is 17. The first-order valence-corrected chi connectivity index (χ1v) is 24.5. The Morgan fingerprint density at radius 1 is 0.941 bits per heavy atom. The first kappa shape index (κ1) is 49.7. The minimum absolute atomic E-state index is 0.0212. The number of anilines is 2. The summed E-state index contributed by atoms with van der Waals surface area (Å²) in [5.74, 6) is -1.55. The van der Waals surface area contributed by atoms with E-state index in [4.69, 9.17) is 33.9 Å². The minimum Gasteiger partial charge on any atom is -0.478 e. The molecule has 2 aliphatic heterocycles. The summed E-state index contributed by atoms with van der Waals surface area (Å²) in [6, 6.07) is 15.3. The molecule has 2 unspecified atom stereocenters. The number of ether oxygens (including phenoxy) is 2. The average Bonchev–Trinajstić information content (AvgIpc) is 3.82. The molecule has 1 fully saturated rings. The molecule has 3 aliphatic rings. The van der Waals surface area contributed by atoms with Crippen LogP contribution in [0.15, 0.2) is 71.7 Å².